The molecule has 0 bridgehead atoms. The number of amides is 3. The fourth-order valence-corrected chi connectivity index (χ4v) is 6.63. The van der Waals surface area contributed by atoms with E-state index < -0.39 is 11.1 Å². The highest BCUT2D eigenvalue weighted by atomic mass is 35.5. The van der Waals surface area contributed by atoms with Crippen LogP contribution in [-0.4, -0.2) is 66.2 Å². The molecular weight excluding hydrogens is 610 g/mol. The maximum Gasteiger partial charge on any atom is 0.294 e. The lowest BCUT2D eigenvalue weighted by Gasteiger charge is -2.36. The maximum atomic E-state index is 13.3. The SMILES string of the molecule is CCOc1cc(/C=C2/SC(=O)N(CC(=O)N3CCN(c4ccccc4)CC3)C2=O)cc(Cl)c1OCc1cccc2ccccc12. The third kappa shape index (κ3) is 6.79. The van der Waals surface area contributed by atoms with Gasteiger partial charge in [-0.25, -0.2) is 0 Å². The molecule has 6 rings (SSSR count). The Hall–Kier alpha value is -4.47. The molecule has 10 heteroatoms. The molecule has 2 fully saturated rings. The topological polar surface area (TPSA) is 79.4 Å². The smallest absolute Gasteiger partial charge is 0.294 e. The Kier molecular flexibility index (Phi) is 9.28. The van der Waals surface area contributed by atoms with E-state index in [9.17, 15) is 14.4 Å². The third-order valence-electron chi connectivity index (χ3n) is 7.80. The minimum absolute atomic E-state index is 0.213. The van der Waals surface area contributed by atoms with Gasteiger partial charge in [0, 0.05) is 31.9 Å². The van der Waals surface area contributed by atoms with Crippen molar-refractivity contribution in [3.63, 3.8) is 0 Å². The van der Waals surface area contributed by atoms with Gasteiger partial charge in [-0.3, -0.25) is 19.3 Å². The second kappa shape index (κ2) is 13.7. The Morgan fingerprint density at radius 1 is 0.911 bits per heavy atom. The molecule has 0 saturated carbocycles. The summed E-state index contributed by atoms with van der Waals surface area (Å²) in [5, 5.41) is 2.05. The highest BCUT2D eigenvalue weighted by molar-refractivity contribution is 8.18. The predicted molar refractivity (Wildman–Crippen MR) is 179 cm³/mol. The average molecular weight is 642 g/mol. The van der Waals surface area contributed by atoms with Crippen LogP contribution in [0.5, 0.6) is 11.5 Å². The van der Waals surface area contributed by atoms with Gasteiger partial charge in [-0.1, -0.05) is 72.3 Å². The van der Waals surface area contributed by atoms with Crippen LogP contribution in [0.2, 0.25) is 5.02 Å². The normalized spacial score (nSPS) is 16.1. The Labute approximate surface area is 271 Å². The molecule has 0 N–H and O–H groups in total. The number of nitrogens with zero attached hydrogens (tertiary/aromatic N) is 3. The number of carbonyl (C=O) groups excluding carboxylic acids is 3. The van der Waals surface area contributed by atoms with Crippen LogP contribution in [0.15, 0.2) is 89.8 Å². The number of rotatable bonds is 9. The Bertz CT molecular complexity index is 1770. The molecular formula is C35H32ClN3O5S. The van der Waals surface area contributed by atoms with E-state index in [-0.39, 0.29) is 24.0 Å². The number of hydrogen-bond acceptors (Lipinski definition) is 7. The van der Waals surface area contributed by atoms with Crippen molar-refractivity contribution in [1.29, 1.82) is 0 Å². The number of hydrogen-bond donors (Lipinski definition) is 0. The zero-order valence-electron chi connectivity index (χ0n) is 24.8. The second-order valence-corrected chi connectivity index (χ2v) is 12.1. The molecule has 3 amide bonds. The lowest BCUT2D eigenvalue weighted by molar-refractivity contribution is -0.136. The molecule has 2 aliphatic heterocycles. The first-order valence-corrected chi connectivity index (χ1v) is 16.0. The van der Waals surface area contributed by atoms with Gasteiger partial charge < -0.3 is 19.3 Å². The number of halogens is 1. The number of ether oxygens (including phenoxy) is 2. The third-order valence-corrected chi connectivity index (χ3v) is 8.99. The quantitative estimate of drug-likeness (QED) is 0.185. The number of anilines is 1. The van der Waals surface area contributed by atoms with Crippen LogP contribution in [-0.2, 0) is 16.2 Å². The summed E-state index contributed by atoms with van der Waals surface area (Å²) in [7, 11) is 0. The lowest BCUT2D eigenvalue weighted by atomic mass is 10.1. The summed E-state index contributed by atoms with van der Waals surface area (Å²) >= 11 is 7.49. The molecule has 45 heavy (non-hydrogen) atoms. The largest absolute Gasteiger partial charge is 0.490 e. The summed E-state index contributed by atoms with van der Waals surface area (Å²) in [6, 6.07) is 27.6. The Morgan fingerprint density at radius 2 is 1.64 bits per heavy atom. The van der Waals surface area contributed by atoms with Crippen LogP contribution in [0.3, 0.4) is 0 Å². The molecule has 230 valence electrons. The number of benzene rings is 4. The van der Waals surface area contributed by atoms with E-state index in [0.717, 1.165) is 38.7 Å². The molecule has 0 spiro atoms. The predicted octanol–water partition coefficient (Wildman–Crippen LogP) is 6.86. The molecule has 2 aliphatic rings. The lowest BCUT2D eigenvalue weighted by Crippen LogP contribution is -2.51. The molecule has 0 aliphatic carbocycles. The fourth-order valence-electron chi connectivity index (χ4n) is 5.52. The van der Waals surface area contributed by atoms with Gasteiger partial charge in [0.25, 0.3) is 11.1 Å². The van der Waals surface area contributed by atoms with Crippen LogP contribution in [0, 0.1) is 0 Å². The molecule has 2 saturated heterocycles. The van der Waals surface area contributed by atoms with E-state index in [1.807, 2.05) is 61.5 Å². The molecule has 8 nitrogen and oxygen atoms in total. The number of piperazine rings is 1. The van der Waals surface area contributed by atoms with E-state index in [1.165, 1.54) is 0 Å². The first-order valence-electron chi connectivity index (χ1n) is 14.8. The van der Waals surface area contributed by atoms with Crippen molar-refractivity contribution in [3.05, 3.63) is 106 Å². The highest BCUT2D eigenvalue weighted by Gasteiger charge is 2.37. The van der Waals surface area contributed by atoms with Crippen LogP contribution in [0.1, 0.15) is 18.1 Å². The Morgan fingerprint density at radius 3 is 2.42 bits per heavy atom. The van der Waals surface area contributed by atoms with Crippen molar-refractivity contribution < 1.29 is 23.9 Å². The molecule has 0 aromatic heterocycles. The maximum absolute atomic E-state index is 13.3. The van der Waals surface area contributed by atoms with Crippen molar-refractivity contribution >= 4 is 63.0 Å². The number of fused-ring (bicyclic) bond motifs is 1. The standard InChI is InChI=1S/C35H32ClN3O5S/c1-2-43-30-20-24(19-29(36)33(30)44-23-26-11-8-10-25-9-6-7-14-28(25)26)21-31-34(41)39(35(42)45-31)22-32(40)38-17-15-37(16-18-38)27-12-4-3-5-13-27/h3-14,19-21H,2,15-18,22-23H2,1H3/b31-21+. The summed E-state index contributed by atoms with van der Waals surface area (Å²) in [5.41, 5.74) is 2.70. The molecule has 0 atom stereocenters. The van der Waals surface area contributed by atoms with Gasteiger partial charge in [0.05, 0.1) is 16.5 Å². The van der Waals surface area contributed by atoms with Crippen molar-refractivity contribution in [1.82, 2.24) is 9.80 Å². The summed E-state index contributed by atoms with van der Waals surface area (Å²) < 4.78 is 12.0. The van der Waals surface area contributed by atoms with Crippen molar-refractivity contribution in [3.8, 4) is 11.5 Å². The van der Waals surface area contributed by atoms with Crippen LogP contribution < -0.4 is 14.4 Å². The van der Waals surface area contributed by atoms with Crippen molar-refractivity contribution in [2.24, 2.45) is 0 Å². The summed E-state index contributed by atoms with van der Waals surface area (Å²) in [6.07, 6.45) is 1.59. The number of carbonyl (C=O) groups is 3. The van der Waals surface area contributed by atoms with Gasteiger partial charge in [-0.15, -0.1) is 0 Å². The summed E-state index contributed by atoms with van der Waals surface area (Å²) in [4.78, 5) is 44.3. The second-order valence-electron chi connectivity index (χ2n) is 10.7. The number of para-hydroxylation sites is 1. The number of imide groups is 1. The highest BCUT2D eigenvalue weighted by Crippen LogP contribution is 2.40. The average Bonchev–Trinajstić information content (AvgIpc) is 3.32. The van der Waals surface area contributed by atoms with Gasteiger partial charge in [-0.2, -0.15) is 0 Å². The van der Waals surface area contributed by atoms with E-state index in [4.69, 9.17) is 21.1 Å². The molecule has 0 unspecified atom stereocenters. The van der Waals surface area contributed by atoms with E-state index >= 15 is 0 Å². The molecule has 2 heterocycles. The summed E-state index contributed by atoms with van der Waals surface area (Å²) in [6.45, 7) is 4.64. The monoisotopic (exact) mass is 641 g/mol. The molecule has 4 aromatic carbocycles. The van der Waals surface area contributed by atoms with Crippen LogP contribution in [0.4, 0.5) is 10.5 Å². The number of thioether (sulfide) groups is 1. The van der Waals surface area contributed by atoms with Crippen molar-refractivity contribution in [2.45, 2.75) is 13.5 Å². The first kappa shape index (κ1) is 30.6. The van der Waals surface area contributed by atoms with Crippen LogP contribution >= 0.6 is 23.4 Å². The van der Waals surface area contributed by atoms with Gasteiger partial charge in [0.1, 0.15) is 13.2 Å². The van der Waals surface area contributed by atoms with Gasteiger partial charge in [0.2, 0.25) is 5.91 Å². The van der Waals surface area contributed by atoms with E-state index in [1.54, 1.807) is 23.1 Å². The molecule has 0 radical (unpaired) electrons. The van der Waals surface area contributed by atoms with E-state index in [0.29, 0.717) is 54.9 Å². The minimum Gasteiger partial charge on any atom is -0.490 e. The zero-order chi connectivity index (χ0) is 31.3. The van der Waals surface area contributed by atoms with E-state index in [2.05, 4.69) is 23.1 Å². The fraction of sp³-hybridized carbons (Fsp3) is 0.229. The minimum atomic E-state index is -0.508. The van der Waals surface area contributed by atoms with Crippen molar-refractivity contribution in [2.75, 3.05) is 44.2 Å². The van der Waals surface area contributed by atoms with Gasteiger partial charge >= 0.3 is 0 Å². The first-order chi connectivity index (χ1) is 21.9. The van der Waals surface area contributed by atoms with Gasteiger partial charge in [-0.05, 0) is 70.9 Å². The zero-order valence-corrected chi connectivity index (χ0v) is 26.4. The Balaban J connectivity index is 1.13. The molecule has 4 aromatic rings. The summed E-state index contributed by atoms with van der Waals surface area (Å²) in [5.74, 6) is 0.0717. The van der Waals surface area contributed by atoms with Crippen LogP contribution in [0.25, 0.3) is 16.8 Å². The van der Waals surface area contributed by atoms with Gasteiger partial charge in [0.15, 0.2) is 11.5 Å².